The molecule has 0 radical (unpaired) electrons. The first-order valence-electron chi connectivity index (χ1n) is 1.68. The largest absolute Gasteiger partial charge is 0.357 e. The minimum Gasteiger partial charge on any atom is -0.357 e. The molecule has 2 nitrogen and oxygen atoms in total. The van der Waals surface area contributed by atoms with Gasteiger partial charge in [-0.15, -0.1) is 0 Å². The van der Waals surface area contributed by atoms with Crippen LogP contribution in [0.15, 0.2) is 0 Å². The number of amides is 1. The third-order valence-electron chi connectivity index (χ3n) is 0.445. The van der Waals surface area contributed by atoms with Gasteiger partial charge in [0.1, 0.15) is 0 Å². The van der Waals surface area contributed by atoms with E-state index < -0.39 is 4.84 Å². The van der Waals surface area contributed by atoms with Crippen molar-refractivity contribution >= 4 is 29.1 Å². The second-order valence-electron chi connectivity index (χ2n) is 0.915. The Bertz CT molecular complexity index is 73.3. The maximum atomic E-state index is 10.1. The number of rotatable bonds is 1. The van der Waals surface area contributed by atoms with Crippen molar-refractivity contribution in [2.24, 2.45) is 0 Å². The fourth-order valence-electron chi connectivity index (χ4n) is 0.109. The number of hydrogen-bond acceptors (Lipinski definition) is 1. The summed E-state index contributed by atoms with van der Waals surface area (Å²) in [5, 5.41) is 2.26. The number of carbonyl (C=O) groups is 1. The average Bonchev–Trinajstić information content (AvgIpc) is 1.65. The molecule has 0 unspecified atom stereocenters. The highest BCUT2D eigenvalue weighted by atomic mass is 35.5. The van der Waals surface area contributed by atoms with E-state index in [0.717, 1.165) is 0 Å². The first kappa shape index (κ1) is 7.05. The zero-order valence-electron chi connectivity index (χ0n) is 3.74. The molecular formula is C3H5Cl2NO. The molecule has 0 aliphatic heterocycles. The molecule has 0 aliphatic rings. The van der Waals surface area contributed by atoms with Gasteiger partial charge in [-0.05, 0) is 0 Å². The summed E-state index contributed by atoms with van der Waals surface area (Å²) >= 11 is 10.2. The van der Waals surface area contributed by atoms with Crippen LogP contribution in [0.4, 0.5) is 0 Å². The Morgan fingerprint density at radius 1 is 1.71 bits per heavy atom. The van der Waals surface area contributed by atoms with Crippen LogP contribution in [0.25, 0.3) is 0 Å². The predicted molar refractivity (Wildman–Crippen MR) is 29.6 cm³/mol. The molecule has 0 saturated carbocycles. The van der Waals surface area contributed by atoms with Crippen molar-refractivity contribution in [2.75, 3.05) is 7.05 Å². The summed E-state index contributed by atoms with van der Waals surface area (Å²) in [5.41, 5.74) is 0. The van der Waals surface area contributed by atoms with Gasteiger partial charge in [-0.1, -0.05) is 23.2 Å². The van der Waals surface area contributed by atoms with Gasteiger partial charge in [0.2, 0.25) is 0 Å². The molecule has 7 heavy (non-hydrogen) atoms. The molecule has 1 amide bonds. The van der Waals surface area contributed by atoms with E-state index in [-0.39, 0.29) is 5.91 Å². The van der Waals surface area contributed by atoms with E-state index in [4.69, 9.17) is 23.2 Å². The molecular weight excluding hydrogens is 137 g/mol. The SMILES string of the molecule is CNC(=O)C(Cl)Cl. The van der Waals surface area contributed by atoms with E-state index in [9.17, 15) is 4.79 Å². The van der Waals surface area contributed by atoms with E-state index in [2.05, 4.69) is 5.32 Å². The van der Waals surface area contributed by atoms with Crippen LogP contribution in [0.1, 0.15) is 0 Å². The highest BCUT2D eigenvalue weighted by Gasteiger charge is 2.06. The van der Waals surface area contributed by atoms with Crippen molar-refractivity contribution in [3.8, 4) is 0 Å². The third-order valence-corrected chi connectivity index (χ3v) is 0.841. The Labute approximate surface area is 51.8 Å². The minimum absolute atomic E-state index is 0.372. The van der Waals surface area contributed by atoms with Crippen LogP contribution in [0.3, 0.4) is 0 Å². The van der Waals surface area contributed by atoms with Crippen LogP contribution < -0.4 is 5.32 Å². The molecule has 0 heterocycles. The van der Waals surface area contributed by atoms with Gasteiger partial charge < -0.3 is 5.32 Å². The lowest BCUT2D eigenvalue weighted by atomic mass is 10.7. The van der Waals surface area contributed by atoms with Gasteiger partial charge in [0.05, 0.1) is 0 Å². The lowest BCUT2D eigenvalue weighted by molar-refractivity contribution is -0.118. The van der Waals surface area contributed by atoms with Crippen molar-refractivity contribution in [1.82, 2.24) is 5.32 Å². The monoisotopic (exact) mass is 141 g/mol. The summed E-state index contributed by atoms with van der Waals surface area (Å²) in [6.45, 7) is 0. The second kappa shape index (κ2) is 3.10. The van der Waals surface area contributed by atoms with E-state index >= 15 is 0 Å². The maximum Gasteiger partial charge on any atom is 0.253 e. The molecule has 0 aromatic heterocycles. The summed E-state index contributed by atoms with van der Waals surface area (Å²) in [6.07, 6.45) is 0. The molecule has 0 atom stereocenters. The molecule has 0 spiro atoms. The molecule has 0 aromatic carbocycles. The number of nitrogens with one attached hydrogen (secondary N) is 1. The van der Waals surface area contributed by atoms with Gasteiger partial charge in [-0.3, -0.25) is 4.79 Å². The fraction of sp³-hybridized carbons (Fsp3) is 0.667. The van der Waals surface area contributed by atoms with E-state index in [1.807, 2.05) is 0 Å². The first-order valence-corrected chi connectivity index (χ1v) is 2.55. The highest BCUT2D eigenvalue weighted by molar-refractivity contribution is 6.53. The van der Waals surface area contributed by atoms with Crippen molar-refractivity contribution in [1.29, 1.82) is 0 Å². The van der Waals surface area contributed by atoms with E-state index in [0.29, 0.717) is 0 Å². The number of halogens is 2. The van der Waals surface area contributed by atoms with Crippen LogP contribution in [0.2, 0.25) is 0 Å². The second-order valence-corrected chi connectivity index (χ2v) is 2.01. The maximum absolute atomic E-state index is 10.1. The lowest BCUT2D eigenvalue weighted by Gasteiger charge is -1.94. The number of hydrogen-bond donors (Lipinski definition) is 1. The molecule has 42 valence electrons. The average molecular weight is 142 g/mol. The highest BCUT2D eigenvalue weighted by Crippen LogP contribution is 1.98. The molecule has 0 bridgehead atoms. The molecule has 0 fully saturated rings. The van der Waals surface area contributed by atoms with Crippen molar-refractivity contribution in [3.63, 3.8) is 0 Å². The van der Waals surface area contributed by atoms with Gasteiger partial charge >= 0.3 is 0 Å². The van der Waals surface area contributed by atoms with Gasteiger partial charge in [0.25, 0.3) is 5.91 Å². The zero-order valence-corrected chi connectivity index (χ0v) is 5.25. The molecule has 0 rings (SSSR count). The zero-order chi connectivity index (χ0) is 5.86. The topological polar surface area (TPSA) is 29.1 Å². The molecule has 0 aromatic rings. The molecule has 0 saturated heterocycles. The van der Waals surface area contributed by atoms with Crippen molar-refractivity contribution in [3.05, 3.63) is 0 Å². The van der Waals surface area contributed by atoms with Crippen molar-refractivity contribution in [2.45, 2.75) is 4.84 Å². The predicted octanol–water partition coefficient (Wildman–Crippen LogP) is 0.536. The van der Waals surface area contributed by atoms with Gasteiger partial charge in [0, 0.05) is 7.05 Å². The van der Waals surface area contributed by atoms with E-state index in [1.54, 1.807) is 0 Å². The lowest BCUT2D eigenvalue weighted by Crippen LogP contribution is -2.23. The van der Waals surface area contributed by atoms with Crippen LogP contribution in [-0.2, 0) is 4.79 Å². The summed E-state index contributed by atoms with van der Waals surface area (Å²) in [7, 11) is 1.47. The Balaban J connectivity index is 3.35. The normalized spacial score (nSPS) is 9.14. The van der Waals surface area contributed by atoms with E-state index in [1.165, 1.54) is 7.05 Å². The fourth-order valence-corrected chi connectivity index (χ4v) is 0.327. The van der Waals surface area contributed by atoms with Gasteiger partial charge in [-0.2, -0.15) is 0 Å². The van der Waals surface area contributed by atoms with Crippen molar-refractivity contribution < 1.29 is 4.79 Å². The van der Waals surface area contributed by atoms with Crippen LogP contribution in [0, 0.1) is 0 Å². The molecule has 0 aliphatic carbocycles. The number of carbonyl (C=O) groups excluding carboxylic acids is 1. The smallest absolute Gasteiger partial charge is 0.253 e. The van der Waals surface area contributed by atoms with Gasteiger partial charge in [0.15, 0.2) is 4.84 Å². The summed E-state index contributed by atoms with van der Waals surface area (Å²) in [4.78, 5) is 9.20. The van der Waals surface area contributed by atoms with Crippen LogP contribution in [-0.4, -0.2) is 17.8 Å². The molecule has 4 heteroatoms. The van der Waals surface area contributed by atoms with Crippen LogP contribution in [0.5, 0.6) is 0 Å². The summed E-state index contributed by atoms with van der Waals surface area (Å²) in [5.74, 6) is -0.372. The minimum atomic E-state index is -0.940. The quantitative estimate of drug-likeness (QED) is 0.531. The Kier molecular flexibility index (Phi) is 3.13. The summed E-state index contributed by atoms with van der Waals surface area (Å²) in [6, 6.07) is 0. The third kappa shape index (κ3) is 2.71. The Morgan fingerprint density at radius 2 is 2.14 bits per heavy atom. The molecule has 1 N–H and O–H groups in total. The van der Waals surface area contributed by atoms with Crippen LogP contribution >= 0.6 is 23.2 Å². The Morgan fingerprint density at radius 3 is 2.14 bits per heavy atom. The summed E-state index contributed by atoms with van der Waals surface area (Å²) < 4.78 is 0. The number of alkyl halides is 2. The first-order chi connectivity index (χ1) is 3.18. The Hall–Kier alpha value is 0.0500. The standard InChI is InChI=1S/C3H5Cl2NO/c1-6-3(7)2(4)5/h2H,1H3,(H,6,7). The van der Waals surface area contributed by atoms with Gasteiger partial charge in [-0.25, -0.2) is 0 Å².